The number of rotatable bonds is 5. The van der Waals surface area contributed by atoms with E-state index in [4.69, 9.17) is 4.74 Å². The average molecular weight is 361 g/mol. The first-order valence-corrected chi connectivity index (χ1v) is 9.08. The van der Waals surface area contributed by atoms with Crippen LogP contribution in [0.2, 0.25) is 0 Å². The van der Waals surface area contributed by atoms with Crippen molar-refractivity contribution in [3.05, 3.63) is 71.3 Å². The van der Waals surface area contributed by atoms with Crippen molar-refractivity contribution in [2.24, 2.45) is 0 Å². The average Bonchev–Trinajstić information content (AvgIpc) is 2.73. The Morgan fingerprint density at radius 1 is 1.15 bits per heavy atom. The van der Waals surface area contributed by atoms with Crippen molar-refractivity contribution < 1.29 is 9.53 Å². The van der Waals surface area contributed by atoms with E-state index in [2.05, 4.69) is 10.2 Å². The van der Waals surface area contributed by atoms with Crippen molar-refractivity contribution in [1.82, 2.24) is 5.32 Å². The topological polar surface area (TPSA) is 65.4 Å². The lowest BCUT2D eigenvalue weighted by molar-refractivity contribution is -0.117. The Hall–Kier alpha value is -3.10. The first-order chi connectivity index (χ1) is 13.2. The van der Waals surface area contributed by atoms with Crippen molar-refractivity contribution in [2.75, 3.05) is 31.2 Å². The van der Waals surface area contributed by atoms with E-state index < -0.39 is 0 Å². The molecule has 0 aliphatic carbocycles. The highest BCUT2D eigenvalue weighted by Gasteiger charge is 2.14. The Kier molecular flexibility index (Phi) is 6.24. The van der Waals surface area contributed by atoms with Crippen LogP contribution in [0.15, 0.2) is 60.2 Å². The van der Waals surface area contributed by atoms with Gasteiger partial charge in [-0.15, -0.1) is 0 Å². The summed E-state index contributed by atoms with van der Waals surface area (Å²) in [4.78, 5) is 14.7. The molecule has 5 nitrogen and oxygen atoms in total. The van der Waals surface area contributed by atoms with E-state index in [-0.39, 0.29) is 17.5 Å². The molecule has 2 aromatic carbocycles. The van der Waals surface area contributed by atoms with E-state index >= 15 is 0 Å². The van der Waals surface area contributed by atoms with Gasteiger partial charge in [0.05, 0.1) is 19.3 Å². The van der Waals surface area contributed by atoms with E-state index in [0.717, 1.165) is 43.1 Å². The zero-order valence-corrected chi connectivity index (χ0v) is 15.4. The van der Waals surface area contributed by atoms with Gasteiger partial charge in [-0.2, -0.15) is 5.26 Å². The molecule has 0 bridgehead atoms. The van der Waals surface area contributed by atoms with Crippen LogP contribution in [0.4, 0.5) is 5.69 Å². The van der Waals surface area contributed by atoms with Crippen LogP contribution < -0.4 is 10.2 Å². The molecular formula is C22H23N3O2. The molecule has 1 saturated heterocycles. The maximum atomic E-state index is 12.5. The van der Waals surface area contributed by atoms with Crippen molar-refractivity contribution in [2.45, 2.75) is 13.0 Å². The molecule has 27 heavy (non-hydrogen) atoms. The molecule has 1 fully saturated rings. The summed E-state index contributed by atoms with van der Waals surface area (Å²) in [5.74, 6) is -0.369. The number of nitrogens with zero attached hydrogens (tertiary/aromatic N) is 2. The second kappa shape index (κ2) is 9.02. The molecule has 3 rings (SSSR count). The molecule has 2 aromatic rings. The number of carbonyl (C=O) groups excluding carboxylic acids is 1. The number of anilines is 1. The minimum Gasteiger partial charge on any atom is -0.378 e. The highest BCUT2D eigenvalue weighted by atomic mass is 16.5. The summed E-state index contributed by atoms with van der Waals surface area (Å²) in [6.45, 7) is 5.12. The molecule has 0 radical (unpaired) electrons. The third-order valence-electron chi connectivity index (χ3n) is 4.59. The van der Waals surface area contributed by atoms with Crippen LogP contribution in [0.25, 0.3) is 6.08 Å². The largest absolute Gasteiger partial charge is 0.378 e. The summed E-state index contributed by atoms with van der Waals surface area (Å²) >= 11 is 0. The summed E-state index contributed by atoms with van der Waals surface area (Å²) in [6.07, 6.45) is 1.62. The van der Waals surface area contributed by atoms with Crippen LogP contribution in [0.1, 0.15) is 24.1 Å². The normalized spacial score (nSPS) is 15.7. The molecule has 138 valence electrons. The van der Waals surface area contributed by atoms with Crippen molar-refractivity contribution in [3.8, 4) is 6.07 Å². The fraction of sp³-hybridized carbons (Fsp3) is 0.273. The smallest absolute Gasteiger partial charge is 0.262 e. The van der Waals surface area contributed by atoms with Crippen LogP contribution >= 0.6 is 0 Å². The summed E-state index contributed by atoms with van der Waals surface area (Å²) in [6, 6.07) is 19.4. The van der Waals surface area contributed by atoms with Gasteiger partial charge in [0.2, 0.25) is 0 Å². The lowest BCUT2D eigenvalue weighted by atomic mass is 10.1. The third-order valence-corrected chi connectivity index (χ3v) is 4.59. The molecule has 1 aliphatic heterocycles. The fourth-order valence-corrected chi connectivity index (χ4v) is 3.02. The Balaban J connectivity index is 1.68. The number of hydrogen-bond acceptors (Lipinski definition) is 4. The molecular weight excluding hydrogens is 338 g/mol. The van der Waals surface area contributed by atoms with Crippen LogP contribution in [0.3, 0.4) is 0 Å². The predicted molar refractivity (Wildman–Crippen MR) is 106 cm³/mol. The number of morpholine rings is 1. The van der Waals surface area contributed by atoms with E-state index in [9.17, 15) is 10.1 Å². The van der Waals surface area contributed by atoms with Crippen LogP contribution in [-0.4, -0.2) is 32.2 Å². The lowest BCUT2D eigenvalue weighted by Gasteiger charge is -2.28. The second-order valence-corrected chi connectivity index (χ2v) is 6.47. The maximum absolute atomic E-state index is 12.5. The van der Waals surface area contributed by atoms with Gasteiger partial charge >= 0.3 is 0 Å². The molecule has 0 unspecified atom stereocenters. The molecule has 0 aromatic heterocycles. The van der Waals surface area contributed by atoms with Gasteiger partial charge < -0.3 is 15.0 Å². The summed E-state index contributed by atoms with van der Waals surface area (Å²) < 4.78 is 5.37. The van der Waals surface area contributed by atoms with Crippen LogP contribution in [0.5, 0.6) is 0 Å². The van der Waals surface area contributed by atoms with E-state index in [1.54, 1.807) is 6.08 Å². The second-order valence-electron chi connectivity index (χ2n) is 6.47. The molecule has 1 heterocycles. The Morgan fingerprint density at radius 2 is 1.81 bits per heavy atom. The van der Waals surface area contributed by atoms with Crippen LogP contribution in [0, 0.1) is 11.3 Å². The standard InChI is InChI=1S/C22H23N3O2/c1-17(19-5-3-2-4-6-19)24-22(26)20(16-23)15-18-7-9-21(10-8-18)25-11-13-27-14-12-25/h2-10,15,17H,11-14H2,1H3,(H,24,26)/b20-15+/t17-/m0/s1. The quantitative estimate of drug-likeness (QED) is 0.655. The number of amides is 1. The maximum Gasteiger partial charge on any atom is 0.262 e. The van der Waals surface area contributed by atoms with Gasteiger partial charge in [0.15, 0.2) is 0 Å². The van der Waals surface area contributed by atoms with Gasteiger partial charge in [-0.25, -0.2) is 0 Å². The minimum atomic E-state index is -0.369. The van der Waals surface area contributed by atoms with E-state index in [1.165, 1.54) is 0 Å². The summed E-state index contributed by atoms with van der Waals surface area (Å²) in [5, 5.41) is 12.3. The number of ether oxygens (including phenoxy) is 1. The molecule has 1 N–H and O–H groups in total. The van der Waals surface area contributed by atoms with Crippen molar-refractivity contribution >= 4 is 17.7 Å². The molecule has 1 atom stereocenters. The summed E-state index contributed by atoms with van der Waals surface area (Å²) in [5.41, 5.74) is 3.04. The van der Waals surface area contributed by atoms with Gasteiger partial charge in [-0.3, -0.25) is 4.79 Å². The van der Waals surface area contributed by atoms with Gasteiger partial charge in [-0.1, -0.05) is 42.5 Å². The van der Waals surface area contributed by atoms with Gasteiger partial charge in [0.25, 0.3) is 5.91 Å². The highest BCUT2D eigenvalue weighted by molar-refractivity contribution is 6.01. The van der Waals surface area contributed by atoms with Gasteiger partial charge in [0.1, 0.15) is 11.6 Å². The number of carbonyl (C=O) groups is 1. The Morgan fingerprint density at radius 3 is 2.44 bits per heavy atom. The monoisotopic (exact) mass is 361 g/mol. The van der Waals surface area contributed by atoms with E-state index in [1.807, 2.05) is 67.6 Å². The van der Waals surface area contributed by atoms with Crippen LogP contribution in [-0.2, 0) is 9.53 Å². The Bertz CT molecular complexity index is 832. The molecule has 1 aliphatic rings. The lowest BCUT2D eigenvalue weighted by Crippen LogP contribution is -2.36. The number of nitriles is 1. The zero-order chi connectivity index (χ0) is 19.1. The molecule has 1 amide bonds. The first-order valence-electron chi connectivity index (χ1n) is 9.08. The number of nitrogens with one attached hydrogen (secondary N) is 1. The van der Waals surface area contributed by atoms with Gasteiger partial charge in [-0.05, 0) is 36.3 Å². The third kappa shape index (κ3) is 4.96. The molecule has 5 heteroatoms. The van der Waals surface area contributed by atoms with Crippen molar-refractivity contribution in [1.29, 1.82) is 5.26 Å². The van der Waals surface area contributed by atoms with E-state index in [0.29, 0.717) is 0 Å². The zero-order valence-electron chi connectivity index (χ0n) is 15.4. The Labute approximate surface area is 159 Å². The summed E-state index contributed by atoms with van der Waals surface area (Å²) in [7, 11) is 0. The molecule has 0 spiro atoms. The first kappa shape index (κ1) is 18.7. The number of hydrogen-bond donors (Lipinski definition) is 1. The SMILES string of the molecule is C[C@H](NC(=O)/C(C#N)=C/c1ccc(N2CCOCC2)cc1)c1ccccc1. The predicted octanol–water partition coefficient (Wildman–Crippen LogP) is 3.31. The fourth-order valence-electron chi connectivity index (χ4n) is 3.02. The minimum absolute atomic E-state index is 0.0944. The highest BCUT2D eigenvalue weighted by Crippen LogP contribution is 2.18. The van der Waals surface area contributed by atoms with Gasteiger partial charge in [0, 0.05) is 18.8 Å². The number of benzene rings is 2. The van der Waals surface area contributed by atoms with Crippen molar-refractivity contribution in [3.63, 3.8) is 0 Å². The molecule has 0 saturated carbocycles.